The monoisotopic (exact) mass is 257 g/mol. The number of hydrogen-bond acceptors (Lipinski definition) is 3. The van der Waals surface area contributed by atoms with Gasteiger partial charge in [-0.25, -0.2) is 8.78 Å². The summed E-state index contributed by atoms with van der Waals surface area (Å²) in [6.07, 6.45) is -1.58. The van der Waals surface area contributed by atoms with Gasteiger partial charge in [-0.3, -0.25) is 0 Å². The molecule has 1 aromatic rings. The van der Waals surface area contributed by atoms with Gasteiger partial charge in [0, 0.05) is 23.6 Å². The van der Waals surface area contributed by atoms with Crippen LogP contribution in [0.15, 0.2) is 12.1 Å². The van der Waals surface area contributed by atoms with E-state index in [1.165, 1.54) is 26.4 Å². The highest BCUT2D eigenvalue weighted by Gasteiger charge is 2.25. The number of alkyl halides is 2. The summed E-state index contributed by atoms with van der Waals surface area (Å²) >= 11 is 0. The Morgan fingerprint density at radius 3 is 2.56 bits per heavy atom. The Morgan fingerprint density at radius 1 is 1.28 bits per heavy atom. The lowest BCUT2D eigenvalue weighted by molar-refractivity contribution is 0.150. The summed E-state index contributed by atoms with van der Waals surface area (Å²) in [7, 11) is 3.00. The molecule has 0 amide bonds. The zero-order valence-electron chi connectivity index (χ0n) is 10.5. The smallest absolute Gasteiger partial charge is 0.263 e. The fourth-order valence-corrected chi connectivity index (χ4v) is 2.37. The molecule has 1 unspecified atom stereocenters. The predicted molar refractivity (Wildman–Crippen MR) is 64.7 cm³/mol. The molecule has 100 valence electrons. The Bertz CT molecular complexity index is 418. The third kappa shape index (κ3) is 2.41. The van der Waals surface area contributed by atoms with Crippen molar-refractivity contribution in [2.45, 2.75) is 18.8 Å². The number of methoxy groups -OCH3 is 2. The molecule has 0 spiro atoms. The first-order chi connectivity index (χ1) is 8.67. The molecule has 1 saturated heterocycles. The van der Waals surface area contributed by atoms with Crippen LogP contribution in [-0.2, 0) is 0 Å². The molecule has 0 saturated carbocycles. The lowest BCUT2D eigenvalue weighted by Gasteiger charge is -2.18. The Balaban J connectivity index is 2.48. The summed E-state index contributed by atoms with van der Waals surface area (Å²) < 4.78 is 36.2. The minimum atomic E-state index is -2.50. The van der Waals surface area contributed by atoms with Gasteiger partial charge < -0.3 is 14.8 Å². The van der Waals surface area contributed by atoms with Crippen molar-refractivity contribution in [1.82, 2.24) is 5.32 Å². The lowest BCUT2D eigenvalue weighted by Crippen LogP contribution is -2.09. The zero-order valence-corrected chi connectivity index (χ0v) is 10.5. The van der Waals surface area contributed by atoms with Gasteiger partial charge in [0.1, 0.15) is 0 Å². The Morgan fingerprint density at radius 2 is 2.06 bits per heavy atom. The van der Waals surface area contributed by atoms with Crippen LogP contribution in [0.5, 0.6) is 11.5 Å². The van der Waals surface area contributed by atoms with Crippen molar-refractivity contribution < 1.29 is 18.3 Å². The molecular formula is C13H17F2NO2. The number of ether oxygens (including phenoxy) is 2. The maximum Gasteiger partial charge on any atom is 0.263 e. The van der Waals surface area contributed by atoms with Crippen LogP contribution in [-0.4, -0.2) is 27.3 Å². The molecule has 1 aromatic carbocycles. The van der Waals surface area contributed by atoms with Crippen molar-refractivity contribution in [3.63, 3.8) is 0 Å². The van der Waals surface area contributed by atoms with Crippen molar-refractivity contribution in [2.24, 2.45) is 0 Å². The summed E-state index contributed by atoms with van der Waals surface area (Å²) in [5.74, 6) is 1.14. The van der Waals surface area contributed by atoms with Gasteiger partial charge in [-0.05, 0) is 25.1 Å². The largest absolute Gasteiger partial charge is 0.493 e. The van der Waals surface area contributed by atoms with Crippen molar-refractivity contribution in [3.05, 3.63) is 23.3 Å². The van der Waals surface area contributed by atoms with Gasteiger partial charge in [0.25, 0.3) is 6.43 Å². The molecule has 0 bridgehead atoms. The zero-order chi connectivity index (χ0) is 13.1. The Kier molecular flexibility index (Phi) is 4.01. The summed E-state index contributed by atoms with van der Waals surface area (Å²) in [6, 6.07) is 2.87. The third-order valence-corrected chi connectivity index (χ3v) is 3.28. The quantitative estimate of drug-likeness (QED) is 0.899. The summed E-state index contributed by atoms with van der Waals surface area (Å²) in [5.41, 5.74) is 0.784. The maximum atomic E-state index is 12.9. The van der Waals surface area contributed by atoms with E-state index in [0.717, 1.165) is 25.1 Å². The molecule has 1 heterocycles. The second-order valence-electron chi connectivity index (χ2n) is 4.34. The Labute approximate surface area is 105 Å². The van der Waals surface area contributed by atoms with E-state index in [4.69, 9.17) is 9.47 Å². The molecule has 1 fully saturated rings. The SMILES string of the molecule is COc1cc(C(F)F)cc(C2CCNC2)c1OC. The minimum Gasteiger partial charge on any atom is -0.493 e. The van der Waals surface area contributed by atoms with E-state index >= 15 is 0 Å². The van der Waals surface area contributed by atoms with Crippen LogP contribution >= 0.6 is 0 Å². The van der Waals surface area contributed by atoms with Gasteiger partial charge in [0.2, 0.25) is 0 Å². The maximum absolute atomic E-state index is 12.9. The second-order valence-corrected chi connectivity index (χ2v) is 4.34. The number of hydrogen-bond donors (Lipinski definition) is 1. The second kappa shape index (κ2) is 5.52. The van der Waals surface area contributed by atoms with Crippen LogP contribution in [0.3, 0.4) is 0 Å². The number of benzene rings is 1. The van der Waals surface area contributed by atoms with Crippen LogP contribution in [0.25, 0.3) is 0 Å². The fraction of sp³-hybridized carbons (Fsp3) is 0.538. The van der Waals surface area contributed by atoms with Gasteiger partial charge in [0.05, 0.1) is 14.2 Å². The molecule has 5 heteroatoms. The molecule has 1 atom stereocenters. The van der Waals surface area contributed by atoms with Gasteiger partial charge in [-0.2, -0.15) is 0 Å². The lowest BCUT2D eigenvalue weighted by atomic mass is 9.95. The summed E-state index contributed by atoms with van der Waals surface area (Å²) in [5, 5.41) is 3.22. The number of rotatable bonds is 4. The van der Waals surface area contributed by atoms with Crippen molar-refractivity contribution in [1.29, 1.82) is 0 Å². The first-order valence-electron chi connectivity index (χ1n) is 5.92. The fourth-order valence-electron chi connectivity index (χ4n) is 2.37. The van der Waals surface area contributed by atoms with Crippen LogP contribution in [0.1, 0.15) is 29.9 Å². The van der Waals surface area contributed by atoms with Gasteiger partial charge in [-0.1, -0.05) is 0 Å². The van der Waals surface area contributed by atoms with E-state index < -0.39 is 6.43 Å². The minimum absolute atomic E-state index is 0.0189. The predicted octanol–water partition coefficient (Wildman–Crippen LogP) is 2.72. The van der Waals surface area contributed by atoms with Crippen LogP contribution in [0.4, 0.5) is 8.78 Å². The number of halogens is 2. The normalized spacial score (nSPS) is 19.3. The molecule has 1 N–H and O–H groups in total. The van der Waals surface area contributed by atoms with Gasteiger partial charge in [-0.15, -0.1) is 0 Å². The van der Waals surface area contributed by atoms with Crippen LogP contribution in [0, 0.1) is 0 Å². The van der Waals surface area contributed by atoms with E-state index in [1.807, 2.05) is 0 Å². The molecule has 1 aliphatic heterocycles. The highest BCUT2D eigenvalue weighted by molar-refractivity contribution is 5.51. The van der Waals surface area contributed by atoms with E-state index in [9.17, 15) is 8.78 Å². The highest BCUT2D eigenvalue weighted by atomic mass is 19.3. The summed E-state index contributed by atoms with van der Waals surface area (Å²) in [6.45, 7) is 1.68. The summed E-state index contributed by atoms with van der Waals surface area (Å²) in [4.78, 5) is 0. The highest BCUT2D eigenvalue weighted by Crippen LogP contribution is 2.40. The molecule has 3 nitrogen and oxygen atoms in total. The van der Waals surface area contributed by atoms with Crippen molar-refractivity contribution >= 4 is 0 Å². The molecule has 2 rings (SSSR count). The first-order valence-corrected chi connectivity index (χ1v) is 5.92. The standard InChI is InChI=1S/C13H17F2NO2/c1-17-11-6-9(13(14)15)5-10(12(11)18-2)8-3-4-16-7-8/h5-6,8,13,16H,3-4,7H2,1-2H3. The van der Waals surface area contributed by atoms with Gasteiger partial charge >= 0.3 is 0 Å². The van der Waals surface area contributed by atoms with Crippen molar-refractivity contribution in [3.8, 4) is 11.5 Å². The number of nitrogens with one attached hydrogen (secondary N) is 1. The molecule has 0 aromatic heterocycles. The van der Waals surface area contributed by atoms with Crippen LogP contribution in [0.2, 0.25) is 0 Å². The third-order valence-electron chi connectivity index (χ3n) is 3.28. The molecule has 18 heavy (non-hydrogen) atoms. The van der Waals surface area contributed by atoms with Gasteiger partial charge in [0.15, 0.2) is 11.5 Å². The van der Waals surface area contributed by atoms with Crippen LogP contribution < -0.4 is 14.8 Å². The molecular weight excluding hydrogens is 240 g/mol. The van der Waals surface area contributed by atoms with E-state index in [0.29, 0.717) is 11.5 Å². The average molecular weight is 257 g/mol. The van der Waals surface area contributed by atoms with E-state index in [1.54, 1.807) is 0 Å². The first kappa shape index (κ1) is 13.1. The van der Waals surface area contributed by atoms with Crippen molar-refractivity contribution in [2.75, 3.05) is 27.3 Å². The molecule has 0 radical (unpaired) electrons. The molecule has 0 aliphatic carbocycles. The molecule has 1 aliphatic rings. The topological polar surface area (TPSA) is 30.5 Å². The van der Waals surface area contributed by atoms with E-state index in [2.05, 4.69) is 5.32 Å². The Hall–Kier alpha value is -1.36. The van der Waals surface area contributed by atoms with E-state index in [-0.39, 0.29) is 11.5 Å². The average Bonchev–Trinajstić information content (AvgIpc) is 2.90.